The number of rotatable bonds is 6. The van der Waals surface area contributed by atoms with Crippen molar-refractivity contribution in [3.05, 3.63) is 29.8 Å². The lowest BCUT2D eigenvalue weighted by atomic mass is 9.78. The molecule has 1 aromatic rings. The minimum absolute atomic E-state index is 0. The third-order valence-corrected chi connectivity index (χ3v) is 5.03. The number of aliphatic imine (C=N–C) groups is 1. The van der Waals surface area contributed by atoms with Crippen molar-refractivity contribution in [2.75, 3.05) is 32.1 Å². The highest BCUT2D eigenvalue weighted by Crippen LogP contribution is 2.33. The molecular weight excluding hydrogens is 479 g/mol. The Morgan fingerprint density at radius 1 is 1.21 bits per heavy atom. The van der Waals surface area contributed by atoms with Crippen molar-refractivity contribution in [1.82, 2.24) is 10.6 Å². The molecule has 0 spiro atoms. The summed E-state index contributed by atoms with van der Waals surface area (Å²) in [6.45, 7) is 10.8. The normalized spacial score (nSPS) is 19.8. The van der Waals surface area contributed by atoms with Gasteiger partial charge < -0.3 is 20.7 Å². The van der Waals surface area contributed by atoms with Crippen LogP contribution in [-0.2, 0) is 16.0 Å². The first-order valence-electron chi connectivity index (χ1n) is 10.2. The number of nitrogens with zero attached hydrogens (tertiary/aromatic N) is 1. The third kappa shape index (κ3) is 8.90. The zero-order valence-corrected chi connectivity index (χ0v) is 20.7. The Morgan fingerprint density at radius 3 is 2.48 bits per heavy atom. The van der Waals surface area contributed by atoms with Crippen LogP contribution in [0, 0.1) is 11.3 Å². The maximum absolute atomic E-state index is 11.1. The fourth-order valence-electron chi connectivity index (χ4n) is 3.74. The van der Waals surface area contributed by atoms with E-state index in [-0.39, 0.29) is 41.4 Å². The molecule has 164 valence electrons. The van der Waals surface area contributed by atoms with Gasteiger partial charge in [0, 0.05) is 45.3 Å². The van der Waals surface area contributed by atoms with Gasteiger partial charge in [0.25, 0.3) is 0 Å². The molecule has 7 heteroatoms. The smallest absolute Gasteiger partial charge is 0.221 e. The molecule has 1 aliphatic heterocycles. The molecule has 0 aromatic heterocycles. The second-order valence-corrected chi connectivity index (χ2v) is 8.57. The summed E-state index contributed by atoms with van der Waals surface area (Å²) >= 11 is 0. The van der Waals surface area contributed by atoms with E-state index >= 15 is 0 Å². The van der Waals surface area contributed by atoms with Crippen LogP contribution in [0.15, 0.2) is 29.3 Å². The predicted octanol–water partition coefficient (Wildman–Crippen LogP) is 3.81. The fourth-order valence-corrected chi connectivity index (χ4v) is 3.74. The maximum atomic E-state index is 11.1. The highest BCUT2D eigenvalue weighted by atomic mass is 127. The zero-order chi connectivity index (χ0) is 20.6. The molecule has 2 unspecified atom stereocenters. The Morgan fingerprint density at radius 2 is 1.90 bits per heavy atom. The van der Waals surface area contributed by atoms with Crippen molar-refractivity contribution in [2.24, 2.45) is 16.3 Å². The van der Waals surface area contributed by atoms with Gasteiger partial charge >= 0.3 is 0 Å². The second kappa shape index (κ2) is 12.4. The summed E-state index contributed by atoms with van der Waals surface area (Å²) in [5, 5.41) is 9.64. The lowest BCUT2D eigenvalue weighted by Crippen LogP contribution is -2.47. The second-order valence-electron chi connectivity index (χ2n) is 8.57. The molecule has 0 saturated carbocycles. The van der Waals surface area contributed by atoms with E-state index in [2.05, 4.69) is 41.7 Å². The van der Waals surface area contributed by atoms with Crippen LogP contribution in [0.2, 0.25) is 0 Å². The summed E-state index contributed by atoms with van der Waals surface area (Å²) in [5.74, 6) is 1.27. The van der Waals surface area contributed by atoms with Gasteiger partial charge in [0.15, 0.2) is 5.96 Å². The van der Waals surface area contributed by atoms with Gasteiger partial charge in [-0.05, 0) is 42.4 Å². The van der Waals surface area contributed by atoms with Gasteiger partial charge in [-0.3, -0.25) is 9.79 Å². The molecule has 1 saturated heterocycles. The number of ether oxygens (including phenoxy) is 1. The number of carbonyl (C=O) groups excluding carboxylic acids is 1. The van der Waals surface area contributed by atoms with Crippen molar-refractivity contribution in [2.45, 2.75) is 53.1 Å². The van der Waals surface area contributed by atoms with Crippen molar-refractivity contribution in [1.29, 1.82) is 0 Å². The number of anilines is 1. The molecular formula is C22H37IN4O2. The van der Waals surface area contributed by atoms with E-state index in [4.69, 9.17) is 4.74 Å². The molecule has 6 nitrogen and oxygen atoms in total. The van der Waals surface area contributed by atoms with E-state index in [1.807, 2.05) is 24.3 Å². The van der Waals surface area contributed by atoms with Crippen LogP contribution in [0.25, 0.3) is 0 Å². The van der Waals surface area contributed by atoms with E-state index in [1.54, 1.807) is 7.05 Å². The number of amides is 1. The molecule has 0 aliphatic carbocycles. The molecule has 1 aliphatic rings. The SMILES string of the molecule is CN=C(NCCc1ccc(NC(C)=O)cc1)NCC1CCCOC1C(C)(C)C.I. The highest BCUT2D eigenvalue weighted by Gasteiger charge is 2.35. The number of nitrogens with one attached hydrogen (secondary N) is 3. The van der Waals surface area contributed by atoms with Gasteiger partial charge in [-0.25, -0.2) is 0 Å². The highest BCUT2D eigenvalue weighted by molar-refractivity contribution is 14.0. The summed E-state index contributed by atoms with van der Waals surface area (Å²) in [7, 11) is 1.80. The van der Waals surface area contributed by atoms with E-state index in [9.17, 15) is 4.79 Å². The number of carbonyl (C=O) groups is 1. The van der Waals surface area contributed by atoms with E-state index < -0.39 is 0 Å². The van der Waals surface area contributed by atoms with E-state index in [0.29, 0.717) is 5.92 Å². The number of hydrogen-bond acceptors (Lipinski definition) is 3. The number of hydrogen-bond donors (Lipinski definition) is 3. The summed E-state index contributed by atoms with van der Waals surface area (Å²) < 4.78 is 6.07. The summed E-state index contributed by atoms with van der Waals surface area (Å²) in [5.41, 5.74) is 2.18. The van der Waals surface area contributed by atoms with Gasteiger partial charge in [0.1, 0.15) is 0 Å². The minimum atomic E-state index is -0.0543. The van der Waals surface area contributed by atoms with Gasteiger partial charge in [-0.15, -0.1) is 24.0 Å². The summed E-state index contributed by atoms with van der Waals surface area (Å²) in [6.07, 6.45) is 3.47. The Kier molecular flexibility index (Phi) is 11.0. The Hall–Kier alpha value is -1.35. The third-order valence-electron chi connectivity index (χ3n) is 5.03. The fraction of sp³-hybridized carbons (Fsp3) is 0.636. The van der Waals surface area contributed by atoms with Crippen LogP contribution in [0.3, 0.4) is 0 Å². The maximum Gasteiger partial charge on any atom is 0.221 e. The van der Waals surface area contributed by atoms with Gasteiger partial charge in [0.05, 0.1) is 6.10 Å². The van der Waals surface area contributed by atoms with E-state index in [0.717, 1.165) is 44.2 Å². The zero-order valence-electron chi connectivity index (χ0n) is 18.4. The topological polar surface area (TPSA) is 74.8 Å². The molecule has 1 amide bonds. The molecule has 2 atom stereocenters. The van der Waals surface area contributed by atoms with Crippen molar-refractivity contribution < 1.29 is 9.53 Å². The molecule has 1 fully saturated rings. The Labute approximate surface area is 192 Å². The molecule has 1 heterocycles. The standard InChI is InChI=1S/C22H36N4O2.HI/c1-16(27)26-19-10-8-17(9-11-19)12-13-24-21(23-5)25-15-18-7-6-14-28-20(18)22(2,3)4;/h8-11,18,20H,6-7,12-15H2,1-5H3,(H,26,27)(H2,23,24,25);1H. The molecule has 29 heavy (non-hydrogen) atoms. The first-order valence-corrected chi connectivity index (χ1v) is 10.2. The lowest BCUT2D eigenvalue weighted by molar-refractivity contribution is -0.114. The summed E-state index contributed by atoms with van der Waals surface area (Å²) in [4.78, 5) is 15.4. The average molecular weight is 516 g/mol. The Balaban J connectivity index is 0.00000420. The van der Waals surface area contributed by atoms with Crippen LogP contribution in [0.1, 0.15) is 46.1 Å². The monoisotopic (exact) mass is 516 g/mol. The van der Waals surface area contributed by atoms with Crippen LogP contribution < -0.4 is 16.0 Å². The van der Waals surface area contributed by atoms with Crippen molar-refractivity contribution >= 4 is 41.5 Å². The Bertz CT molecular complexity index is 656. The van der Waals surface area contributed by atoms with Crippen LogP contribution >= 0.6 is 24.0 Å². The molecule has 3 N–H and O–H groups in total. The molecule has 1 aromatic carbocycles. The predicted molar refractivity (Wildman–Crippen MR) is 131 cm³/mol. The first-order chi connectivity index (χ1) is 13.3. The van der Waals surface area contributed by atoms with Crippen molar-refractivity contribution in [3.63, 3.8) is 0 Å². The van der Waals surface area contributed by atoms with Gasteiger partial charge in [0.2, 0.25) is 5.91 Å². The van der Waals surface area contributed by atoms with Gasteiger partial charge in [-0.2, -0.15) is 0 Å². The summed E-state index contributed by atoms with van der Waals surface area (Å²) in [6, 6.07) is 7.94. The van der Waals surface area contributed by atoms with Crippen LogP contribution in [0.4, 0.5) is 5.69 Å². The molecule has 2 rings (SSSR count). The number of guanidine groups is 1. The largest absolute Gasteiger partial charge is 0.377 e. The number of benzene rings is 1. The van der Waals surface area contributed by atoms with Gasteiger partial charge in [-0.1, -0.05) is 32.9 Å². The number of halogens is 1. The van der Waals surface area contributed by atoms with Crippen LogP contribution in [0.5, 0.6) is 0 Å². The lowest BCUT2D eigenvalue weighted by Gasteiger charge is -2.40. The van der Waals surface area contributed by atoms with Crippen molar-refractivity contribution in [3.8, 4) is 0 Å². The first kappa shape index (κ1) is 25.7. The average Bonchev–Trinajstić information content (AvgIpc) is 2.65. The van der Waals surface area contributed by atoms with E-state index in [1.165, 1.54) is 18.9 Å². The van der Waals surface area contributed by atoms with Crippen LogP contribution in [-0.4, -0.2) is 44.7 Å². The minimum Gasteiger partial charge on any atom is -0.377 e. The molecule has 0 radical (unpaired) electrons. The quantitative estimate of drug-likeness (QED) is 0.306. The molecule has 0 bridgehead atoms.